The van der Waals surface area contributed by atoms with Crippen LogP contribution in [0.4, 0.5) is 0 Å². The molecular formula is C18H22ClNO3. The standard InChI is InChI=1S/C18H22ClNO3/c19-14-7-5-13(6-8-14)17(22)12-20-9-1-3-15(20)11-16(21)18-4-2-10-23-18/h2,4-8,10,15-17,21-22H,1,3,9,11-12H2. The number of benzene rings is 1. The molecule has 0 radical (unpaired) electrons. The van der Waals surface area contributed by atoms with Gasteiger partial charge in [-0.15, -0.1) is 0 Å². The first-order chi connectivity index (χ1) is 11.1. The van der Waals surface area contributed by atoms with Gasteiger partial charge in [-0.3, -0.25) is 4.90 Å². The van der Waals surface area contributed by atoms with E-state index in [1.54, 1.807) is 30.5 Å². The number of likely N-dealkylation sites (tertiary alicyclic amines) is 1. The largest absolute Gasteiger partial charge is 0.467 e. The fourth-order valence-corrected chi connectivity index (χ4v) is 3.40. The Hall–Kier alpha value is -1.33. The zero-order valence-corrected chi connectivity index (χ0v) is 13.7. The molecule has 3 rings (SSSR count). The van der Waals surface area contributed by atoms with Crippen LogP contribution in [0.2, 0.25) is 5.02 Å². The molecule has 2 N–H and O–H groups in total. The maximum Gasteiger partial charge on any atom is 0.132 e. The minimum Gasteiger partial charge on any atom is -0.467 e. The summed E-state index contributed by atoms with van der Waals surface area (Å²) in [6.07, 6.45) is 3.18. The number of nitrogens with zero attached hydrogens (tertiary/aromatic N) is 1. The van der Waals surface area contributed by atoms with Gasteiger partial charge in [-0.2, -0.15) is 0 Å². The number of β-amino-alcohol motifs (C(OH)–C–C–N with tert-alkyl or cyclic N) is 1. The van der Waals surface area contributed by atoms with E-state index in [1.165, 1.54) is 0 Å². The van der Waals surface area contributed by atoms with Crippen molar-refractivity contribution in [3.05, 3.63) is 59.0 Å². The molecule has 4 nitrogen and oxygen atoms in total. The molecular weight excluding hydrogens is 314 g/mol. The van der Waals surface area contributed by atoms with Crippen molar-refractivity contribution < 1.29 is 14.6 Å². The van der Waals surface area contributed by atoms with Gasteiger partial charge in [-0.25, -0.2) is 0 Å². The summed E-state index contributed by atoms with van der Waals surface area (Å²) in [4.78, 5) is 2.26. The minimum absolute atomic E-state index is 0.261. The zero-order valence-electron chi connectivity index (χ0n) is 12.9. The lowest BCUT2D eigenvalue weighted by molar-refractivity contribution is 0.0708. The van der Waals surface area contributed by atoms with Crippen LogP contribution in [0.3, 0.4) is 0 Å². The van der Waals surface area contributed by atoms with Crippen LogP contribution in [-0.2, 0) is 0 Å². The quantitative estimate of drug-likeness (QED) is 0.847. The predicted molar refractivity (Wildman–Crippen MR) is 89.3 cm³/mol. The summed E-state index contributed by atoms with van der Waals surface area (Å²) >= 11 is 5.89. The second-order valence-electron chi connectivity index (χ2n) is 6.13. The van der Waals surface area contributed by atoms with Gasteiger partial charge in [-0.1, -0.05) is 23.7 Å². The fourth-order valence-electron chi connectivity index (χ4n) is 3.27. The third-order valence-corrected chi connectivity index (χ3v) is 4.78. The van der Waals surface area contributed by atoms with Crippen molar-refractivity contribution in [2.75, 3.05) is 13.1 Å². The van der Waals surface area contributed by atoms with Crippen molar-refractivity contribution in [2.45, 2.75) is 37.5 Å². The minimum atomic E-state index is -0.594. The van der Waals surface area contributed by atoms with E-state index in [1.807, 2.05) is 12.1 Å². The van der Waals surface area contributed by atoms with Gasteiger partial charge in [0.15, 0.2) is 0 Å². The monoisotopic (exact) mass is 335 g/mol. The number of aliphatic hydroxyl groups is 2. The van der Waals surface area contributed by atoms with Crippen LogP contribution < -0.4 is 0 Å². The Labute approximate surface area is 141 Å². The number of halogens is 1. The molecule has 23 heavy (non-hydrogen) atoms. The summed E-state index contributed by atoms with van der Waals surface area (Å²) < 4.78 is 5.27. The summed E-state index contributed by atoms with van der Waals surface area (Å²) in [7, 11) is 0. The lowest BCUT2D eigenvalue weighted by atomic mass is 10.0. The van der Waals surface area contributed by atoms with Crippen LogP contribution in [0.15, 0.2) is 47.1 Å². The predicted octanol–water partition coefficient (Wildman–Crippen LogP) is 3.55. The Balaban J connectivity index is 1.59. The van der Waals surface area contributed by atoms with Crippen LogP contribution in [0.5, 0.6) is 0 Å². The Bertz CT molecular complexity index is 599. The molecule has 1 aromatic heterocycles. The van der Waals surface area contributed by atoms with E-state index in [2.05, 4.69) is 4.90 Å². The van der Waals surface area contributed by atoms with Gasteiger partial charge in [0.2, 0.25) is 0 Å². The van der Waals surface area contributed by atoms with Crippen molar-refractivity contribution in [1.82, 2.24) is 4.90 Å². The summed E-state index contributed by atoms with van der Waals surface area (Å²) in [6, 6.07) is 11.1. The number of hydrogen-bond donors (Lipinski definition) is 2. The molecule has 5 heteroatoms. The Morgan fingerprint density at radius 1 is 1.17 bits per heavy atom. The van der Waals surface area contributed by atoms with Gasteiger partial charge in [-0.05, 0) is 55.6 Å². The van der Waals surface area contributed by atoms with Crippen LogP contribution in [-0.4, -0.2) is 34.2 Å². The first kappa shape index (κ1) is 16.5. The second kappa shape index (κ2) is 7.49. The number of rotatable bonds is 6. The van der Waals surface area contributed by atoms with Crippen molar-refractivity contribution in [1.29, 1.82) is 0 Å². The molecule has 0 aliphatic carbocycles. The van der Waals surface area contributed by atoms with Gasteiger partial charge in [0.25, 0.3) is 0 Å². The van der Waals surface area contributed by atoms with Crippen LogP contribution in [0, 0.1) is 0 Å². The molecule has 3 atom stereocenters. The maximum absolute atomic E-state index is 10.4. The highest BCUT2D eigenvalue weighted by molar-refractivity contribution is 6.30. The van der Waals surface area contributed by atoms with Gasteiger partial charge < -0.3 is 14.6 Å². The molecule has 0 bridgehead atoms. The van der Waals surface area contributed by atoms with Crippen molar-refractivity contribution in [2.24, 2.45) is 0 Å². The lowest BCUT2D eigenvalue weighted by Gasteiger charge is -2.28. The van der Waals surface area contributed by atoms with E-state index >= 15 is 0 Å². The molecule has 1 aromatic carbocycles. The van der Waals surface area contributed by atoms with Crippen LogP contribution in [0.25, 0.3) is 0 Å². The Morgan fingerprint density at radius 3 is 2.65 bits per heavy atom. The molecule has 2 heterocycles. The number of aliphatic hydroxyl groups excluding tert-OH is 2. The molecule has 1 saturated heterocycles. The summed E-state index contributed by atoms with van der Waals surface area (Å²) in [5, 5.41) is 21.4. The summed E-state index contributed by atoms with van der Waals surface area (Å²) in [5.74, 6) is 0.607. The van der Waals surface area contributed by atoms with E-state index < -0.39 is 12.2 Å². The molecule has 1 aliphatic heterocycles. The zero-order chi connectivity index (χ0) is 16.2. The molecule has 0 saturated carbocycles. The fraction of sp³-hybridized carbons (Fsp3) is 0.444. The maximum atomic E-state index is 10.4. The van der Waals surface area contributed by atoms with Gasteiger partial charge >= 0.3 is 0 Å². The molecule has 3 unspecified atom stereocenters. The highest BCUT2D eigenvalue weighted by Gasteiger charge is 2.29. The lowest BCUT2D eigenvalue weighted by Crippen LogP contribution is -2.34. The van der Waals surface area contributed by atoms with Crippen LogP contribution in [0.1, 0.15) is 42.8 Å². The first-order valence-electron chi connectivity index (χ1n) is 8.02. The number of hydrogen-bond acceptors (Lipinski definition) is 4. The highest BCUT2D eigenvalue weighted by Crippen LogP contribution is 2.29. The van der Waals surface area contributed by atoms with E-state index in [0.29, 0.717) is 23.7 Å². The highest BCUT2D eigenvalue weighted by atomic mass is 35.5. The molecule has 2 aromatic rings. The van der Waals surface area contributed by atoms with Gasteiger partial charge in [0.1, 0.15) is 11.9 Å². The van der Waals surface area contributed by atoms with E-state index in [4.69, 9.17) is 16.0 Å². The molecule has 1 aliphatic rings. The normalized spacial score (nSPS) is 21.4. The molecule has 124 valence electrons. The van der Waals surface area contributed by atoms with E-state index in [0.717, 1.165) is 24.9 Å². The average molecular weight is 336 g/mol. The van der Waals surface area contributed by atoms with Gasteiger partial charge in [0, 0.05) is 17.6 Å². The van der Waals surface area contributed by atoms with Crippen molar-refractivity contribution >= 4 is 11.6 Å². The number of furan rings is 1. The third kappa shape index (κ3) is 4.15. The van der Waals surface area contributed by atoms with E-state index in [-0.39, 0.29) is 6.04 Å². The molecule has 0 amide bonds. The average Bonchev–Trinajstić information content (AvgIpc) is 3.20. The molecule has 0 spiro atoms. The van der Waals surface area contributed by atoms with Crippen LogP contribution >= 0.6 is 11.6 Å². The topological polar surface area (TPSA) is 56.8 Å². The summed E-state index contributed by atoms with van der Waals surface area (Å²) in [5.41, 5.74) is 0.867. The smallest absolute Gasteiger partial charge is 0.132 e. The van der Waals surface area contributed by atoms with Crippen molar-refractivity contribution in [3.8, 4) is 0 Å². The summed E-state index contributed by atoms with van der Waals surface area (Å²) in [6.45, 7) is 1.51. The SMILES string of the molecule is OC(CN1CCCC1CC(O)c1ccco1)c1ccc(Cl)cc1. The van der Waals surface area contributed by atoms with Gasteiger partial charge in [0.05, 0.1) is 12.4 Å². The molecule has 1 fully saturated rings. The first-order valence-corrected chi connectivity index (χ1v) is 8.40. The second-order valence-corrected chi connectivity index (χ2v) is 6.56. The third-order valence-electron chi connectivity index (χ3n) is 4.53. The van der Waals surface area contributed by atoms with Crippen molar-refractivity contribution in [3.63, 3.8) is 0 Å². The van der Waals surface area contributed by atoms with E-state index in [9.17, 15) is 10.2 Å². The Kier molecular flexibility index (Phi) is 5.38. The Morgan fingerprint density at radius 2 is 1.96 bits per heavy atom.